The number of hydrogen-bond acceptors (Lipinski definition) is 5. The van der Waals surface area contributed by atoms with Gasteiger partial charge in [0.2, 0.25) is 0 Å². The Morgan fingerprint density at radius 1 is 1.36 bits per heavy atom. The maximum atomic E-state index is 10.5. The number of carboxylic acid groups (broad SMARTS) is 1. The lowest BCUT2D eigenvalue weighted by Crippen LogP contribution is -2.40. The van der Waals surface area contributed by atoms with Crippen LogP contribution in [-0.4, -0.2) is 41.4 Å². The number of carboxylic acids is 1. The van der Waals surface area contributed by atoms with Crippen LogP contribution >= 0.6 is 12.2 Å². The number of benzene rings is 1. The Morgan fingerprint density at radius 2 is 2.14 bits per heavy atom. The predicted octanol–water partition coefficient (Wildman–Crippen LogP) is 3.54. The fourth-order valence-electron chi connectivity index (χ4n) is 2.69. The molecule has 0 amide bonds. The van der Waals surface area contributed by atoms with Crippen molar-refractivity contribution in [3.63, 3.8) is 0 Å². The number of ether oxygens (including phenoxy) is 2. The zero-order valence-corrected chi connectivity index (χ0v) is 16.7. The first-order valence-electron chi connectivity index (χ1n) is 9.33. The number of aliphatic carboxylic acids is 1. The summed E-state index contributed by atoms with van der Waals surface area (Å²) in [4.78, 5) is 10.5. The number of carbonyl (C=O) groups is 1. The van der Waals surface area contributed by atoms with E-state index in [0.717, 1.165) is 18.5 Å². The summed E-state index contributed by atoms with van der Waals surface area (Å²) in [5, 5.41) is 16.3. The molecule has 2 rings (SSSR count). The van der Waals surface area contributed by atoms with Gasteiger partial charge in [-0.2, -0.15) is 5.10 Å². The lowest BCUT2D eigenvalue weighted by molar-refractivity contribution is -0.206. The zero-order chi connectivity index (χ0) is 20.2. The van der Waals surface area contributed by atoms with E-state index in [1.807, 2.05) is 49.4 Å². The second kappa shape index (κ2) is 12.2. The molecule has 152 valence electrons. The van der Waals surface area contributed by atoms with E-state index in [2.05, 4.69) is 15.8 Å². The van der Waals surface area contributed by atoms with Crippen LogP contribution in [0.3, 0.4) is 0 Å². The number of unbranched alkanes of at least 4 members (excludes halogenated alkanes) is 1. The molecule has 28 heavy (non-hydrogen) atoms. The van der Waals surface area contributed by atoms with Crippen LogP contribution in [0.15, 0.2) is 47.6 Å². The van der Waals surface area contributed by atoms with Gasteiger partial charge in [-0.05, 0) is 50.5 Å². The number of hydrazone groups is 1. The number of rotatable bonds is 9. The topological polar surface area (TPSA) is 92.2 Å². The number of hydrogen-bond donors (Lipinski definition) is 3. The second-order valence-electron chi connectivity index (χ2n) is 6.46. The van der Waals surface area contributed by atoms with Crippen LogP contribution in [0.1, 0.15) is 32.6 Å². The molecule has 0 aliphatic carbocycles. The quantitative estimate of drug-likeness (QED) is 0.190. The molecule has 0 spiro atoms. The van der Waals surface area contributed by atoms with Crippen LogP contribution in [0.25, 0.3) is 0 Å². The highest BCUT2D eigenvalue weighted by atomic mass is 32.1. The number of thiocarbonyl (C=S) groups is 1. The highest BCUT2D eigenvalue weighted by molar-refractivity contribution is 7.80. The molecular weight excluding hydrogens is 378 g/mol. The molecule has 1 aromatic rings. The standard InChI is InChI=1S/C20H27N3O4S/c1-15-26-14-16(9-5-2-3-8-12-19(24)25)18(27-15)13-21-23-20(28)22-17-10-6-4-7-11-17/h2,4-7,10-11,13,15-16,18H,3,8-9,12,14H2,1H3,(H,24,25)(H2,22,23,28)/b5-2-,21-13-. The van der Waals surface area contributed by atoms with Crippen LogP contribution < -0.4 is 10.7 Å². The number of nitrogens with one attached hydrogen (secondary N) is 2. The molecule has 3 N–H and O–H groups in total. The second-order valence-corrected chi connectivity index (χ2v) is 6.87. The van der Waals surface area contributed by atoms with Crippen LogP contribution in [0.2, 0.25) is 0 Å². The Morgan fingerprint density at radius 3 is 2.89 bits per heavy atom. The fraction of sp³-hybridized carbons (Fsp3) is 0.450. The number of anilines is 1. The smallest absolute Gasteiger partial charge is 0.303 e. The molecule has 8 heteroatoms. The van der Waals surface area contributed by atoms with Gasteiger partial charge in [-0.1, -0.05) is 30.4 Å². The van der Waals surface area contributed by atoms with Gasteiger partial charge in [0.05, 0.1) is 12.8 Å². The Bertz CT molecular complexity index is 681. The van der Waals surface area contributed by atoms with Crippen molar-refractivity contribution >= 4 is 35.2 Å². The molecule has 0 bridgehead atoms. The first-order chi connectivity index (χ1) is 13.5. The minimum absolute atomic E-state index is 0.133. The maximum Gasteiger partial charge on any atom is 0.303 e. The molecule has 3 atom stereocenters. The fourth-order valence-corrected chi connectivity index (χ4v) is 2.87. The minimum Gasteiger partial charge on any atom is -0.481 e. The van der Waals surface area contributed by atoms with E-state index in [4.69, 9.17) is 26.8 Å². The van der Waals surface area contributed by atoms with Crippen molar-refractivity contribution in [2.45, 2.75) is 45.0 Å². The van der Waals surface area contributed by atoms with Gasteiger partial charge < -0.3 is 19.9 Å². The lowest BCUT2D eigenvalue weighted by atomic mass is 9.98. The van der Waals surface area contributed by atoms with Gasteiger partial charge >= 0.3 is 5.97 Å². The maximum absolute atomic E-state index is 10.5. The third kappa shape index (κ3) is 8.60. The van der Waals surface area contributed by atoms with E-state index in [0.29, 0.717) is 18.1 Å². The monoisotopic (exact) mass is 405 g/mol. The molecule has 7 nitrogen and oxygen atoms in total. The van der Waals surface area contributed by atoms with Gasteiger partial charge in [0, 0.05) is 18.0 Å². The molecule has 1 saturated heterocycles. The lowest BCUT2D eigenvalue weighted by Gasteiger charge is -2.32. The summed E-state index contributed by atoms with van der Waals surface area (Å²) >= 11 is 5.23. The Kier molecular flexibility index (Phi) is 9.61. The number of allylic oxidation sites excluding steroid dienone is 2. The third-order valence-corrected chi connectivity index (χ3v) is 4.34. The Hall–Kier alpha value is -2.29. The molecule has 3 unspecified atom stereocenters. The summed E-state index contributed by atoms with van der Waals surface area (Å²) in [6.07, 6.45) is 7.62. The molecule has 1 heterocycles. The highest BCUT2D eigenvalue weighted by Gasteiger charge is 2.28. The first kappa shape index (κ1) is 22.0. The number of para-hydroxylation sites is 1. The SMILES string of the molecule is CC1OCC(C/C=C\CCCC(=O)O)C(/C=N\NC(=S)Nc2ccccc2)O1. The average molecular weight is 406 g/mol. The Balaban J connectivity index is 1.78. The van der Waals surface area contributed by atoms with Crippen molar-refractivity contribution in [1.82, 2.24) is 5.43 Å². The van der Waals surface area contributed by atoms with Crippen LogP contribution in [0, 0.1) is 5.92 Å². The van der Waals surface area contributed by atoms with Crippen molar-refractivity contribution in [2.24, 2.45) is 11.0 Å². The zero-order valence-electron chi connectivity index (χ0n) is 15.9. The molecular formula is C20H27N3O4S. The summed E-state index contributed by atoms with van der Waals surface area (Å²) in [6.45, 7) is 2.43. The summed E-state index contributed by atoms with van der Waals surface area (Å²) in [7, 11) is 0. The average Bonchev–Trinajstić information content (AvgIpc) is 2.66. The van der Waals surface area contributed by atoms with Gasteiger partial charge in [0.1, 0.15) is 6.10 Å². The van der Waals surface area contributed by atoms with Gasteiger partial charge in [0.15, 0.2) is 11.4 Å². The van der Waals surface area contributed by atoms with E-state index >= 15 is 0 Å². The van der Waals surface area contributed by atoms with Crippen molar-refractivity contribution in [2.75, 3.05) is 11.9 Å². The molecule has 0 aromatic heterocycles. The van der Waals surface area contributed by atoms with E-state index in [-0.39, 0.29) is 24.7 Å². The largest absolute Gasteiger partial charge is 0.481 e. The van der Waals surface area contributed by atoms with E-state index in [1.165, 1.54) is 0 Å². The van der Waals surface area contributed by atoms with Crippen LogP contribution in [-0.2, 0) is 14.3 Å². The van der Waals surface area contributed by atoms with Crippen molar-refractivity contribution in [1.29, 1.82) is 0 Å². The van der Waals surface area contributed by atoms with E-state index in [1.54, 1.807) is 6.21 Å². The molecule has 1 aliphatic rings. The van der Waals surface area contributed by atoms with Crippen LogP contribution in [0.4, 0.5) is 5.69 Å². The normalized spacial score (nSPS) is 22.4. The summed E-state index contributed by atoms with van der Waals surface area (Å²) < 4.78 is 11.4. The van der Waals surface area contributed by atoms with Crippen molar-refractivity contribution in [3.8, 4) is 0 Å². The van der Waals surface area contributed by atoms with Gasteiger partial charge in [0.25, 0.3) is 0 Å². The van der Waals surface area contributed by atoms with Gasteiger partial charge in [-0.25, -0.2) is 0 Å². The highest BCUT2D eigenvalue weighted by Crippen LogP contribution is 2.21. The predicted molar refractivity (Wildman–Crippen MR) is 113 cm³/mol. The minimum atomic E-state index is -0.764. The number of nitrogens with zero attached hydrogens (tertiary/aromatic N) is 1. The summed E-state index contributed by atoms with van der Waals surface area (Å²) in [5.41, 5.74) is 3.69. The molecule has 1 fully saturated rings. The molecule has 0 saturated carbocycles. The van der Waals surface area contributed by atoms with E-state index < -0.39 is 5.97 Å². The van der Waals surface area contributed by atoms with Gasteiger partial charge in [-0.3, -0.25) is 10.2 Å². The third-order valence-electron chi connectivity index (χ3n) is 4.14. The summed E-state index contributed by atoms with van der Waals surface area (Å²) in [5.74, 6) is -0.631. The molecule has 0 radical (unpaired) electrons. The molecule has 1 aliphatic heterocycles. The van der Waals surface area contributed by atoms with Crippen LogP contribution in [0.5, 0.6) is 0 Å². The van der Waals surface area contributed by atoms with Crippen molar-refractivity contribution < 1.29 is 19.4 Å². The first-order valence-corrected chi connectivity index (χ1v) is 9.74. The van der Waals surface area contributed by atoms with Gasteiger partial charge in [-0.15, -0.1) is 0 Å². The Labute approximate surface area is 170 Å². The van der Waals surface area contributed by atoms with E-state index in [9.17, 15) is 4.79 Å². The summed E-state index contributed by atoms with van der Waals surface area (Å²) in [6, 6.07) is 9.61. The molecule has 1 aromatic carbocycles. The van der Waals surface area contributed by atoms with Crippen molar-refractivity contribution in [3.05, 3.63) is 42.5 Å².